The monoisotopic (exact) mass is 501 g/mol. The predicted octanol–water partition coefficient (Wildman–Crippen LogP) is 4.45. The van der Waals surface area contributed by atoms with Crippen molar-refractivity contribution in [1.29, 1.82) is 0 Å². The van der Waals surface area contributed by atoms with Gasteiger partial charge in [0, 0.05) is 17.7 Å². The number of phenolic OH excluding ortho intramolecular Hbond substituents is 4. The van der Waals surface area contributed by atoms with Crippen molar-refractivity contribution in [3.8, 4) is 28.7 Å². The average molecular weight is 502 g/mol. The van der Waals surface area contributed by atoms with Gasteiger partial charge in [0.1, 0.15) is 29.4 Å². The van der Waals surface area contributed by atoms with Gasteiger partial charge in [0.2, 0.25) is 0 Å². The molecule has 0 bridgehead atoms. The first kappa shape index (κ1) is 28.3. The second-order valence-corrected chi connectivity index (χ2v) is 8.01. The zero-order valence-electron chi connectivity index (χ0n) is 20.1. The number of benzene rings is 2. The van der Waals surface area contributed by atoms with E-state index in [4.69, 9.17) is 14.6 Å². The molecule has 0 saturated heterocycles. The molecule has 10 heteroatoms. The van der Waals surface area contributed by atoms with Crippen LogP contribution in [0.3, 0.4) is 0 Å². The maximum atomic E-state index is 11.8. The van der Waals surface area contributed by atoms with Gasteiger partial charge in [0.15, 0.2) is 23.5 Å². The molecule has 10 nitrogen and oxygen atoms in total. The van der Waals surface area contributed by atoms with Crippen molar-refractivity contribution in [3.05, 3.63) is 64.6 Å². The molecule has 1 heterocycles. The average Bonchev–Trinajstić information content (AvgIpc) is 3.05. The largest absolute Gasteiger partial charge is 0.507 e. The van der Waals surface area contributed by atoms with Gasteiger partial charge in [-0.2, -0.15) is 0 Å². The van der Waals surface area contributed by atoms with Gasteiger partial charge in [0.05, 0.1) is 12.7 Å². The summed E-state index contributed by atoms with van der Waals surface area (Å²) in [5.74, 6) is -1.74. The second-order valence-electron chi connectivity index (χ2n) is 8.01. The number of ether oxygens (including phenoxy) is 2. The SMILES string of the molecule is C/C=C\CO.C=C(CC)[C@H]1Oc2cc(N=O)cc(O)c2CC[C@H]1OC(C=O)c1cc(O)c(O)c(O)c1. The lowest BCUT2D eigenvalue weighted by atomic mass is 9.98. The number of nitrogens with zero attached hydrogens (tertiary/aromatic N) is 1. The first-order chi connectivity index (χ1) is 17.2. The van der Waals surface area contributed by atoms with Gasteiger partial charge >= 0.3 is 0 Å². The second kappa shape index (κ2) is 13.3. The highest BCUT2D eigenvalue weighted by Crippen LogP contribution is 2.41. The molecule has 0 spiro atoms. The molecule has 0 aromatic heterocycles. The Morgan fingerprint density at radius 1 is 1.19 bits per heavy atom. The molecule has 3 rings (SSSR count). The van der Waals surface area contributed by atoms with Crippen LogP contribution in [0.1, 0.15) is 43.9 Å². The summed E-state index contributed by atoms with van der Waals surface area (Å²) in [7, 11) is 0. The van der Waals surface area contributed by atoms with E-state index in [9.17, 15) is 30.1 Å². The fourth-order valence-corrected chi connectivity index (χ4v) is 3.64. The van der Waals surface area contributed by atoms with Gasteiger partial charge in [-0.05, 0) is 54.6 Å². The molecule has 2 aromatic carbocycles. The number of phenols is 4. The summed E-state index contributed by atoms with van der Waals surface area (Å²) < 4.78 is 12.1. The van der Waals surface area contributed by atoms with Crippen LogP contribution in [0.15, 0.2) is 53.7 Å². The highest BCUT2D eigenvalue weighted by Gasteiger charge is 2.34. The molecule has 0 radical (unpaired) electrons. The molecule has 36 heavy (non-hydrogen) atoms. The highest BCUT2D eigenvalue weighted by molar-refractivity contribution is 5.63. The number of fused-ring (bicyclic) bond motifs is 1. The Morgan fingerprint density at radius 3 is 2.36 bits per heavy atom. The van der Waals surface area contributed by atoms with Crippen LogP contribution in [-0.4, -0.2) is 50.6 Å². The molecule has 3 atom stereocenters. The number of aldehydes is 1. The molecule has 0 amide bonds. The number of allylic oxidation sites excluding steroid dienone is 1. The summed E-state index contributed by atoms with van der Waals surface area (Å²) in [4.78, 5) is 22.7. The molecule has 1 aliphatic rings. The first-order valence-electron chi connectivity index (χ1n) is 11.3. The Morgan fingerprint density at radius 2 is 1.86 bits per heavy atom. The van der Waals surface area contributed by atoms with Gasteiger partial charge in [-0.3, -0.25) is 0 Å². The zero-order valence-corrected chi connectivity index (χ0v) is 20.1. The van der Waals surface area contributed by atoms with E-state index in [2.05, 4.69) is 11.8 Å². The molecule has 1 aliphatic heterocycles. The smallest absolute Gasteiger partial charge is 0.200 e. The van der Waals surface area contributed by atoms with Gasteiger partial charge in [-0.1, -0.05) is 25.7 Å². The lowest BCUT2D eigenvalue weighted by molar-refractivity contribution is -0.126. The maximum absolute atomic E-state index is 11.8. The fraction of sp³-hybridized carbons (Fsp3) is 0.346. The van der Waals surface area contributed by atoms with Crippen LogP contribution in [0.4, 0.5) is 5.69 Å². The van der Waals surface area contributed by atoms with Crippen molar-refractivity contribution in [3.63, 3.8) is 0 Å². The topological polar surface area (TPSA) is 166 Å². The third-order valence-corrected chi connectivity index (χ3v) is 5.61. The van der Waals surface area contributed by atoms with E-state index >= 15 is 0 Å². The molecule has 2 aromatic rings. The molecular formula is C26H31NO9. The number of aliphatic hydroxyl groups excluding tert-OH is 1. The Kier molecular flexibility index (Phi) is 10.4. The normalized spacial score (nSPS) is 17.6. The number of nitroso groups, excluding NO2 is 1. The van der Waals surface area contributed by atoms with Crippen molar-refractivity contribution in [2.24, 2.45) is 5.18 Å². The molecule has 5 N–H and O–H groups in total. The molecule has 0 aliphatic carbocycles. The maximum Gasteiger partial charge on any atom is 0.200 e. The predicted molar refractivity (Wildman–Crippen MR) is 133 cm³/mol. The van der Waals surface area contributed by atoms with E-state index in [1.165, 1.54) is 12.1 Å². The number of carbonyl (C=O) groups is 1. The highest BCUT2D eigenvalue weighted by atomic mass is 16.6. The van der Waals surface area contributed by atoms with Crippen LogP contribution in [0.5, 0.6) is 28.7 Å². The number of aromatic hydroxyl groups is 4. The third kappa shape index (κ3) is 6.83. The quantitative estimate of drug-likeness (QED) is 0.152. The summed E-state index contributed by atoms with van der Waals surface area (Å²) in [6.45, 7) is 7.93. The lowest BCUT2D eigenvalue weighted by Crippen LogP contribution is -2.36. The van der Waals surface area contributed by atoms with Crippen molar-refractivity contribution in [2.75, 3.05) is 6.61 Å². The van der Waals surface area contributed by atoms with Crippen molar-refractivity contribution >= 4 is 12.0 Å². The Bertz CT molecular complexity index is 1090. The number of hydrogen-bond donors (Lipinski definition) is 5. The van der Waals surface area contributed by atoms with E-state index in [-0.39, 0.29) is 29.4 Å². The van der Waals surface area contributed by atoms with Gasteiger partial charge in [0.25, 0.3) is 0 Å². The number of hydrogen-bond acceptors (Lipinski definition) is 10. The van der Waals surface area contributed by atoms with Crippen molar-refractivity contribution < 1.29 is 39.8 Å². The summed E-state index contributed by atoms with van der Waals surface area (Å²) in [5.41, 5.74) is 1.30. The lowest BCUT2D eigenvalue weighted by Gasteiger charge is -2.29. The minimum atomic E-state index is -1.18. The van der Waals surface area contributed by atoms with E-state index < -0.39 is 35.6 Å². The van der Waals surface area contributed by atoms with Gasteiger partial charge in [-0.15, -0.1) is 4.91 Å². The summed E-state index contributed by atoms with van der Waals surface area (Å²) >= 11 is 0. The Hall–Kier alpha value is -3.89. The third-order valence-electron chi connectivity index (χ3n) is 5.61. The number of aliphatic hydroxyl groups is 1. The van der Waals surface area contributed by atoms with E-state index in [0.29, 0.717) is 36.7 Å². The van der Waals surface area contributed by atoms with Gasteiger partial charge in [-0.25, -0.2) is 0 Å². The number of carbonyl (C=O) groups excluding carboxylic acids is 1. The van der Waals surface area contributed by atoms with Crippen LogP contribution < -0.4 is 4.74 Å². The summed E-state index contributed by atoms with van der Waals surface area (Å²) in [5, 5.41) is 50.2. The van der Waals surface area contributed by atoms with E-state index in [0.717, 1.165) is 12.1 Å². The van der Waals surface area contributed by atoms with Crippen LogP contribution in [0.25, 0.3) is 0 Å². The summed E-state index contributed by atoms with van der Waals surface area (Å²) in [6, 6.07) is 4.92. The van der Waals surface area contributed by atoms with Crippen LogP contribution >= 0.6 is 0 Å². The fourth-order valence-electron chi connectivity index (χ4n) is 3.64. The first-order valence-corrected chi connectivity index (χ1v) is 11.3. The van der Waals surface area contributed by atoms with Crippen LogP contribution in [0.2, 0.25) is 0 Å². The van der Waals surface area contributed by atoms with Crippen LogP contribution in [-0.2, 0) is 16.0 Å². The Balaban J connectivity index is 0.000000830. The van der Waals surface area contributed by atoms with Gasteiger partial charge < -0.3 is 39.8 Å². The number of rotatable bonds is 8. The summed E-state index contributed by atoms with van der Waals surface area (Å²) in [6.07, 6.45) is 2.65. The van der Waals surface area contributed by atoms with Crippen LogP contribution in [0, 0.1) is 4.91 Å². The Labute approximate surface area is 208 Å². The van der Waals surface area contributed by atoms with Crippen molar-refractivity contribution in [1.82, 2.24) is 0 Å². The van der Waals surface area contributed by atoms with E-state index in [1.807, 2.05) is 13.8 Å². The molecule has 0 saturated carbocycles. The van der Waals surface area contributed by atoms with E-state index in [1.54, 1.807) is 12.2 Å². The molecule has 0 fully saturated rings. The zero-order chi connectivity index (χ0) is 26.8. The minimum absolute atomic E-state index is 0.0114. The van der Waals surface area contributed by atoms with Crippen molar-refractivity contribution in [2.45, 2.75) is 51.4 Å². The molecular weight excluding hydrogens is 470 g/mol. The minimum Gasteiger partial charge on any atom is -0.507 e. The molecule has 1 unspecified atom stereocenters. The standard InChI is InChI=1S/C22H23NO8.C4H8O/c1-3-11(2)22-18(5-4-14-15(25)8-13(23-29)9-19(14)31-22)30-20(10-24)12-6-16(26)21(28)17(27)7-12;1-2-3-4-5/h6-10,18,20,22,25-28H,2-5H2,1H3;2-3,5H,4H2,1H3/b;3-2-/t18-,20?,22-;/m1./s1. The molecule has 194 valence electrons.